The molecular weight excluding hydrogens is 696 g/mol. The fraction of sp³-hybridized carbons (Fsp3) is 0.514. The monoisotopic (exact) mass is 739 g/mol. The van der Waals surface area contributed by atoms with Gasteiger partial charge in [0.15, 0.2) is 0 Å². The Hall–Kier alpha value is -4.53. The first-order valence-electron chi connectivity index (χ1n) is 17.9. The second kappa shape index (κ2) is 13.8. The van der Waals surface area contributed by atoms with Gasteiger partial charge in [-0.25, -0.2) is 22.0 Å². The molecule has 2 aromatic rings. The van der Waals surface area contributed by atoms with E-state index in [4.69, 9.17) is 4.74 Å². The fourth-order valence-corrected chi connectivity index (χ4v) is 8.77. The molecule has 1 saturated heterocycles. The minimum Gasteiger partial charge on any atom is -0.444 e. The molecule has 5 atom stereocenters. The van der Waals surface area contributed by atoms with Crippen molar-refractivity contribution >= 4 is 39.5 Å². The summed E-state index contributed by atoms with van der Waals surface area (Å²) in [5.74, 6) is -3.38. The van der Waals surface area contributed by atoms with Gasteiger partial charge in [0.1, 0.15) is 35.4 Å². The molecule has 15 heteroatoms. The zero-order valence-electron chi connectivity index (χ0n) is 28.9. The van der Waals surface area contributed by atoms with Crippen molar-refractivity contribution in [1.29, 1.82) is 0 Å². The molecule has 12 nitrogen and oxygen atoms in total. The predicted molar refractivity (Wildman–Crippen MR) is 186 cm³/mol. The lowest BCUT2D eigenvalue weighted by atomic mass is 10.0. The van der Waals surface area contributed by atoms with Gasteiger partial charge in [-0.2, -0.15) is 0 Å². The van der Waals surface area contributed by atoms with Crippen LogP contribution in [0, 0.1) is 17.6 Å². The van der Waals surface area contributed by atoms with Crippen molar-refractivity contribution in [2.24, 2.45) is 5.92 Å². The summed E-state index contributed by atoms with van der Waals surface area (Å²) in [6, 6.07) is 8.29. The van der Waals surface area contributed by atoms with Crippen molar-refractivity contribution < 1.29 is 41.1 Å². The van der Waals surface area contributed by atoms with Crippen LogP contribution in [0.4, 0.5) is 19.3 Å². The second-order valence-corrected chi connectivity index (χ2v) is 17.1. The quantitative estimate of drug-likeness (QED) is 0.372. The molecule has 0 unspecified atom stereocenters. The molecule has 3 aliphatic heterocycles. The molecule has 3 N–H and O–H groups in total. The number of hydrogen-bond acceptors (Lipinski definition) is 8. The Morgan fingerprint density at radius 1 is 1.04 bits per heavy atom. The maximum Gasteiger partial charge on any atom is 0.410 e. The molecular formula is C37H43F2N5O7S. The van der Waals surface area contributed by atoms with Crippen molar-refractivity contribution in [1.82, 2.24) is 19.8 Å². The number of carbonyl (C=O) groups excluding carboxylic acids is 4. The van der Waals surface area contributed by atoms with E-state index in [-0.39, 0.29) is 32.5 Å². The molecule has 52 heavy (non-hydrogen) atoms. The largest absolute Gasteiger partial charge is 0.444 e. The molecule has 0 aromatic heterocycles. The lowest BCUT2D eigenvalue weighted by Crippen LogP contribution is -2.58. The van der Waals surface area contributed by atoms with Crippen LogP contribution in [-0.4, -0.2) is 77.1 Å². The van der Waals surface area contributed by atoms with Gasteiger partial charge in [-0.05, 0) is 75.3 Å². The highest BCUT2D eigenvalue weighted by Gasteiger charge is 2.63. The van der Waals surface area contributed by atoms with Crippen LogP contribution in [0.1, 0.15) is 75.8 Å². The minimum absolute atomic E-state index is 0.00817. The topological polar surface area (TPSA) is 154 Å². The van der Waals surface area contributed by atoms with Crippen LogP contribution in [-0.2, 0) is 42.2 Å². The van der Waals surface area contributed by atoms with Crippen LogP contribution in [0.2, 0.25) is 0 Å². The summed E-state index contributed by atoms with van der Waals surface area (Å²) >= 11 is 0. The number of halogens is 2. The molecule has 2 saturated carbocycles. The summed E-state index contributed by atoms with van der Waals surface area (Å²) in [6.45, 7) is 1.57. The maximum atomic E-state index is 14.4. The molecule has 2 aromatic carbocycles. The number of nitrogens with zero attached hydrogens (tertiary/aromatic N) is 2. The zero-order valence-corrected chi connectivity index (χ0v) is 29.7. The van der Waals surface area contributed by atoms with Crippen LogP contribution < -0.4 is 15.4 Å². The normalized spacial score (nSPS) is 29.0. The first-order chi connectivity index (χ1) is 24.8. The zero-order chi connectivity index (χ0) is 36.8. The number of ether oxygens (including phenoxy) is 1. The Bertz CT molecular complexity index is 1920. The smallest absolute Gasteiger partial charge is 0.410 e. The summed E-state index contributed by atoms with van der Waals surface area (Å²) in [6.07, 6.45) is 6.27. The van der Waals surface area contributed by atoms with E-state index in [0.29, 0.717) is 48.9 Å². The van der Waals surface area contributed by atoms with Gasteiger partial charge in [-0.15, -0.1) is 0 Å². The van der Waals surface area contributed by atoms with Crippen LogP contribution in [0.15, 0.2) is 54.6 Å². The molecule has 3 fully saturated rings. The van der Waals surface area contributed by atoms with Crippen molar-refractivity contribution in [3.8, 4) is 0 Å². The molecule has 5 aliphatic rings. The number of nitrogens with one attached hydrogen (secondary N) is 3. The molecule has 278 valence electrons. The number of amides is 4. The number of rotatable bonds is 6. The number of fused-ring (bicyclic) bond motifs is 3. The Morgan fingerprint density at radius 3 is 2.58 bits per heavy atom. The molecule has 0 bridgehead atoms. The number of anilines is 1. The van der Waals surface area contributed by atoms with Crippen molar-refractivity contribution in [3.05, 3.63) is 77.4 Å². The highest BCUT2D eigenvalue weighted by Crippen LogP contribution is 2.47. The first kappa shape index (κ1) is 35.9. The van der Waals surface area contributed by atoms with E-state index in [9.17, 15) is 36.4 Å². The van der Waals surface area contributed by atoms with Gasteiger partial charge >= 0.3 is 6.09 Å². The average Bonchev–Trinajstić information content (AvgIpc) is 3.89. The van der Waals surface area contributed by atoms with Crippen molar-refractivity contribution in [2.75, 3.05) is 11.9 Å². The first-order valence-corrected chi connectivity index (χ1v) is 19.4. The number of allylic oxidation sites excluding steroid dienone is 1. The Kier molecular flexibility index (Phi) is 9.51. The molecule has 0 radical (unpaired) electrons. The minimum atomic E-state index is -4.01. The average molecular weight is 740 g/mol. The van der Waals surface area contributed by atoms with E-state index in [0.717, 1.165) is 12.8 Å². The van der Waals surface area contributed by atoms with E-state index in [2.05, 4.69) is 15.4 Å². The second-order valence-electron chi connectivity index (χ2n) is 14.9. The van der Waals surface area contributed by atoms with Crippen LogP contribution in [0.5, 0.6) is 0 Å². The lowest BCUT2D eigenvalue weighted by Gasteiger charge is -2.30. The van der Waals surface area contributed by atoms with Gasteiger partial charge in [0, 0.05) is 30.1 Å². The summed E-state index contributed by atoms with van der Waals surface area (Å²) in [5, 5.41) is 5.96. The van der Waals surface area contributed by atoms with Crippen LogP contribution in [0.25, 0.3) is 0 Å². The third-order valence-corrected chi connectivity index (χ3v) is 13.3. The van der Waals surface area contributed by atoms with Gasteiger partial charge in [-0.3, -0.25) is 24.0 Å². The van der Waals surface area contributed by atoms with E-state index in [1.807, 2.05) is 12.2 Å². The molecule has 7 rings (SSSR count). The van der Waals surface area contributed by atoms with E-state index in [1.54, 1.807) is 25.1 Å². The lowest BCUT2D eigenvalue weighted by molar-refractivity contribution is -0.140. The highest BCUT2D eigenvalue weighted by atomic mass is 32.2. The predicted octanol–water partition coefficient (Wildman–Crippen LogP) is 4.26. The maximum absolute atomic E-state index is 14.4. The Morgan fingerprint density at radius 2 is 1.83 bits per heavy atom. The summed E-state index contributed by atoms with van der Waals surface area (Å²) in [5.41, 5.74) is -0.120. The third kappa shape index (κ3) is 7.11. The third-order valence-electron chi connectivity index (χ3n) is 11.1. The number of hydrogen-bond donors (Lipinski definition) is 3. The Balaban J connectivity index is 1.15. The summed E-state index contributed by atoms with van der Waals surface area (Å²) in [7, 11) is -4.01. The van der Waals surface area contributed by atoms with Crippen molar-refractivity contribution in [3.63, 3.8) is 0 Å². The van der Waals surface area contributed by atoms with Gasteiger partial charge in [0.05, 0.1) is 17.8 Å². The number of carbonyl (C=O) groups is 4. The molecule has 2 aliphatic carbocycles. The molecule has 4 amide bonds. The van der Waals surface area contributed by atoms with Gasteiger partial charge < -0.3 is 20.3 Å². The van der Waals surface area contributed by atoms with Crippen molar-refractivity contribution in [2.45, 2.75) is 106 Å². The van der Waals surface area contributed by atoms with Gasteiger partial charge in [0.25, 0.3) is 5.91 Å². The van der Waals surface area contributed by atoms with Gasteiger partial charge in [-0.1, -0.05) is 43.2 Å². The van der Waals surface area contributed by atoms with Gasteiger partial charge in [0.2, 0.25) is 21.8 Å². The summed E-state index contributed by atoms with van der Waals surface area (Å²) in [4.78, 5) is 58.5. The van der Waals surface area contributed by atoms with E-state index < -0.39 is 79.9 Å². The van der Waals surface area contributed by atoms with Crippen LogP contribution in [0.3, 0.4) is 0 Å². The highest BCUT2D eigenvalue weighted by molar-refractivity contribution is 7.91. The molecule has 0 spiro atoms. The SMILES string of the molecule is CC1(S(=O)(=O)NC(=O)[C@@]23C[C@@H]2/C=C\CCCCC[C@H](Nc2cccc(F)c2)C(=O)N2C[C@H](OC(=O)N4Cc5cccc(F)c5C4)C[C@H]2C(=O)N3)CC1. The fourth-order valence-electron chi connectivity index (χ4n) is 7.45. The number of sulfonamides is 1. The Labute approximate surface area is 301 Å². The standard InChI is InChI=1S/C37H43F2N5O7S/c1-36(15-16-36)52(49,50)42-34(47)37-19-24(37)10-5-3-2-4-6-14-30(40-26-12-8-11-25(38)17-26)33(46)44-21-27(18-31(44)32(45)41-37)51-35(48)43-20-23-9-7-13-29(39)28(23)22-43/h5,7-13,17,24,27,30-31,40H,2-4,6,14-16,18-22H2,1H3,(H,41,45)(H,42,47)/b10-5-/t24-,27+,30-,31-,37+/m0/s1. The van der Waals surface area contributed by atoms with Crippen LogP contribution >= 0.6 is 0 Å². The van der Waals surface area contributed by atoms with E-state index >= 15 is 0 Å². The van der Waals surface area contributed by atoms with E-state index in [1.165, 1.54) is 34.1 Å². The summed E-state index contributed by atoms with van der Waals surface area (Å²) < 4.78 is 61.7. The molecule has 3 heterocycles. The number of benzene rings is 2.